The summed E-state index contributed by atoms with van der Waals surface area (Å²) in [7, 11) is 0. The Hall–Kier alpha value is -2.05. The molecule has 4 nitrogen and oxygen atoms in total. The van der Waals surface area contributed by atoms with Crippen molar-refractivity contribution in [3.63, 3.8) is 0 Å². The lowest BCUT2D eigenvalue weighted by atomic mass is 9.95. The number of carboxylic acid groups (broad SMARTS) is 1. The fourth-order valence-electron chi connectivity index (χ4n) is 1.31. The first kappa shape index (κ1) is 16.0. The number of nitrogens with one attached hydrogen (secondary N) is 1. The molecule has 0 aromatic heterocycles. The highest BCUT2D eigenvalue weighted by molar-refractivity contribution is 5.96. The number of halogens is 3. The quantitative estimate of drug-likeness (QED) is 0.877. The van der Waals surface area contributed by atoms with Crippen molar-refractivity contribution in [2.24, 2.45) is 5.41 Å². The van der Waals surface area contributed by atoms with Crippen LogP contribution in [0.25, 0.3) is 0 Å². The van der Waals surface area contributed by atoms with Gasteiger partial charge in [0.05, 0.1) is 11.1 Å². The average molecular weight is 289 g/mol. The van der Waals surface area contributed by atoms with Crippen molar-refractivity contribution in [3.05, 3.63) is 29.3 Å². The van der Waals surface area contributed by atoms with E-state index in [-0.39, 0.29) is 5.69 Å². The van der Waals surface area contributed by atoms with Crippen LogP contribution in [0.5, 0.6) is 0 Å². The molecule has 0 atom stereocenters. The fourth-order valence-corrected chi connectivity index (χ4v) is 1.31. The molecule has 1 aromatic carbocycles. The molecule has 1 aromatic rings. The lowest BCUT2D eigenvalue weighted by Gasteiger charge is -2.18. The first-order valence-electron chi connectivity index (χ1n) is 5.68. The number of benzene rings is 1. The van der Waals surface area contributed by atoms with Crippen LogP contribution in [0.15, 0.2) is 18.2 Å². The summed E-state index contributed by atoms with van der Waals surface area (Å²) in [5.74, 6) is -2.00. The van der Waals surface area contributed by atoms with Gasteiger partial charge < -0.3 is 10.4 Å². The lowest BCUT2D eigenvalue weighted by Crippen LogP contribution is -2.27. The highest BCUT2D eigenvalue weighted by Crippen LogP contribution is 2.32. The highest BCUT2D eigenvalue weighted by Gasteiger charge is 2.32. The summed E-state index contributed by atoms with van der Waals surface area (Å²) in [5.41, 5.74) is -2.67. The second-order valence-corrected chi connectivity index (χ2v) is 5.31. The molecule has 20 heavy (non-hydrogen) atoms. The summed E-state index contributed by atoms with van der Waals surface area (Å²) >= 11 is 0. The van der Waals surface area contributed by atoms with Gasteiger partial charge in [0, 0.05) is 11.1 Å². The predicted molar refractivity (Wildman–Crippen MR) is 66.5 cm³/mol. The van der Waals surface area contributed by atoms with E-state index in [1.165, 1.54) is 0 Å². The predicted octanol–water partition coefficient (Wildman–Crippen LogP) is 3.39. The van der Waals surface area contributed by atoms with Crippen molar-refractivity contribution in [3.8, 4) is 0 Å². The summed E-state index contributed by atoms with van der Waals surface area (Å²) in [6.07, 6.45) is -4.69. The van der Waals surface area contributed by atoms with Crippen LogP contribution in [0, 0.1) is 5.41 Å². The average Bonchev–Trinajstić information content (AvgIpc) is 2.25. The molecular formula is C13H14F3NO3. The van der Waals surface area contributed by atoms with Gasteiger partial charge >= 0.3 is 12.1 Å². The molecule has 0 aliphatic heterocycles. The zero-order chi connectivity index (χ0) is 15.7. The molecular weight excluding hydrogens is 275 g/mol. The minimum atomic E-state index is -4.69. The molecule has 1 rings (SSSR count). The van der Waals surface area contributed by atoms with E-state index < -0.39 is 34.6 Å². The zero-order valence-corrected chi connectivity index (χ0v) is 11.1. The number of carbonyl (C=O) groups is 2. The second kappa shape index (κ2) is 5.15. The fraction of sp³-hybridized carbons (Fsp3) is 0.385. The summed E-state index contributed by atoms with van der Waals surface area (Å²) in [5, 5.41) is 11.1. The van der Waals surface area contributed by atoms with Crippen LogP contribution in [0.3, 0.4) is 0 Å². The third-order valence-corrected chi connectivity index (χ3v) is 2.45. The molecule has 110 valence electrons. The van der Waals surface area contributed by atoms with Gasteiger partial charge in [0.1, 0.15) is 0 Å². The Balaban J connectivity index is 3.23. The number of rotatable bonds is 2. The molecule has 0 saturated heterocycles. The van der Waals surface area contributed by atoms with Gasteiger partial charge in [-0.1, -0.05) is 20.8 Å². The Morgan fingerprint density at radius 1 is 1.10 bits per heavy atom. The SMILES string of the molecule is CC(C)(C)C(=O)Nc1cc(C(=O)O)cc(C(F)(F)F)c1. The van der Waals surface area contributed by atoms with Gasteiger partial charge in [-0.2, -0.15) is 13.2 Å². The molecule has 0 radical (unpaired) electrons. The number of carboxylic acids is 1. The maximum absolute atomic E-state index is 12.7. The Bertz CT molecular complexity index is 545. The Labute approximate surface area is 113 Å². The number of hydrogen-bond acceptors (Lipinski definition) is 2. The van der Waals surface area contributed by atoms with Crippen molar-refractivity contribution >= 4 is 17.6 Å². The van der Waals surface area contributed by atoms with E-state index in [2.05, 4.69) is 5.32 Å². The Morgan fingerprint density at radius 3 is 2.05 bits per heavy atom. The summed E-state index contributed by atoms with van der Waals surface area (Å²) in [4.78, 5) is 22.6. The van der Waals surface area contributed by atoms with E-state index in [4.69, 9.17) is 5.11 Å². The molecule has 2 N–H and O–H groups in total. The second-order valence-electron chi connectivity index (χ2n) is 5.31. The van der Waals surface area contributed by atoms with Crippen LogP contribution in [0.2, 0.25) is 0 Å². The first-order chi connectivity index (χ1) is 8.91. The van der Waals surface area contributed by atoms with E-state index in [0.29, 0.717) is 12.1 Å². The Morgan fingerprint density at radius 2 is 1.65 bits per heavy atom. The van der Waals surface area contributed by atoms with E-state index in [9.17, 15) is 22.8 Å². The molecule has 0 bridgehead atoms. The van der Waals surface area contributed by atoms with Crippen LogP contribution < -0.4 is 5.32 Å². The Kier molecular flexibility index (Phi) is 4.12. The van der Waals surface area contributed by atoms with E-state index >= 15 is 0 Å². The molecule has 0 spiro atoms. The molecule has 7 heteroatoms. The summed E-state index contributed by atoms with van der Waals surface area (Å²) in [6, 6.07) is 2.21. The maximum atomic E-state index is 12.7. The van der Waals surface area contributed by atoms with Gasteiger partial charge in [0.2, 0.25) is 5.91 Å². The maximum Gasteiger partial charge on any atom is 0.416 e. The zero-order valence-electron chi connectivity index (χ0n) is 11.1. The number of amides is 1. The van der Waals surface area contributed by atoms with Crippen molar-refractivity contribution in [1.82, 2.24) is 0 Å². The van der Waals surface area contributed by atoms with Crippen molar-refractivity contribution in [1.29, 1.82) is 0 Å². The first-order valence-corrected chi connectivity index (χ1v) is 5.68. The number of aromatic carboxylic acids is 1. The smallest absolute Gasteiger partial charge is 0.416 e. The number of anilines is 1. The lowest BCUT2D eigenvalue weighted by molar-refractivity contribution is -0.137. The number of carbonyl (C=O) groups excluding carboxylic acids is 1. The van der Waals surface area contributed by atoms with E-state index in [1.54, 1.807) is 20.8 Å². The minimum absolute atomic E-state index is 0.197. The third kappa shape index (κ3) is 3.97. The largest absolute Gasteiger partial charge is 0.478 e. The molecule has 0 fully saturated rings. The normalized spacial score (nSPS) is 12.1. The topological polar surface area (TPSA) is 66.4 Å². The molecule has 0 aliphatic carbocycles. The van der Waals surface area contributed by atoms with Crippen LogP contribution >= 0.6 is 0 Å². The molecule has 0 unspecified atom stereocenters. The highest BCUT2D eigenvalue weighted by atomic mass is 19.4. The van der Waals surface area contributed by atoms with E-state index in [0.717, 1.165) is 6.07 Å². The standard InChI is InChI=1S/C13H14F3NO3/c1-12(2,3)11(20)17-9-5-7(10(18)19)4-8(6-9)13(14,15)16/h4-6H,1-3H3,(H,17,20)(H,18,19). The van der Waals surface area contributed by atoms with Crippen molar-refractivity contribution < 1.29 is 27.9 Å². The van der Waals surface area contributed by atoms with Gasteiger partial charge in [-0.15, -0.1) is 0 Å². The molecule has 0 aliphatic rings. The molecule has 1 amide bonds. The van der Waals surface area contributed by atoms with Crippen LogP contribution in [0.4, 0.5) is 18.9 Å². The summed E-state index contributed by atoms with van der Waals surface area (Å²) < 4.78 is 38.0. The summed E-state index contributed by atoms with van der Waals surface area (Å²) in [6.45, 7) is 4.77. The molecule has 0 saturated carbocycles. The van der Waals surface area contributed by atoms with Gasteiger partial charge in [-0.25, -0.2) is 4.79 Å². The van der Waals surface area contributed by atoms with Crippen LogP contribution in [0.1, 0.15) is 36.7 Å². The minimum Gasteiger partial charge on any atom is -0.478 e. The van der Waals surface area contributed by atoms with Crippen molar-refractivity contribution in [2.45, 2.75) is 26.9 Å². The molecule has 0 heterocycles. The van der Waals surface area contributed by atoms with Gasteiger partial charge in [-0.3, -0.25) is 4.79 Å². The van der Waals surface area contributed by atoms with Gasteiger partial charge in [0.25, 0.3) is 0 Å². The van der Waals surface area contributed by atoms with Crippen molar-refractivity contribution in [2.75, 3.05) is 5.32 Å². The van der Waals surface area contributed by atoms with Crippen LogP contribution in [-0.2, 0) is 11.0 Å². The van der Waals surface area contributed by atoms with Gasteiger partial charge in [0.15, 0.2) is 0 Å². The van der Waals surface area contributed by atoms with Gasteiger partial charge in [-0.05, 0) is 18.2 Å². The number of hydrogen-bond donors (Lipinski definition) is 2. The van der Waals surface area contributed by atoms with Crippen LogP contribution in [-0.4, -0.2) is 17.0 Å². The number of alkyl halides is 3. The van der Waals surface area contributed by atoms with E-state index in [1.807, 2.05) is 0 Å². The third-order valence-electron chi connectivity index (χ3n) is 2.45. The monoisotopic (exact) mass is 289 g/mol.